The molecule has 0 amide bonds. The number of hydrogen-bond acceptors (Lipinski definition) is 4. The van der Waals surface area contributed by atoms with E-state index in [0.29, 0.717) is 5.57 Å². The molecule has 1 aromatic heterocycles. The second kappa shape index (κ2) is 4.25. The monoisotopic (exact) mass is 241 g/mol. The molecule has 0 N–H and O–H groups in total. The van der Waals surface area contributed by atoms with Gasteiger partial charge in [-0.15, -0.1) is 0 Å². The zero-order valence-corrected chi connectivity index (χ0v) is 9.78. The minimum atomic E-state index is -0.0301. The first-order valence-corrected chi connectivity index (χ1v) is 5.59. The van der Waals surface area contributed by atoms with Crippen LogP contribution < -0.4 is 4.87 Å². The van der Waals surface area contributed by atoms with E-state index in [9.17, 15) is 4.79 Å². The number of hydrogen-bond donors (Lipinski definition) is 0. The molecule has 1 aliphatic rings. The summed E-state index contributed by atoms with van der Waals surface area (Å²) >= 11 is 1.14. The van der Waals surface area contributed by atoms with Crippen molar-refractivity contribution in [3.05, 3.63) is 43.5 Å². The Bertz CT molecular complexity index is 686. The average molecular weight is 241 g/mol. The molecule has 1 aromatic rings. The van der Waals surface area contributed by atoms with Gasteiger partial charge in [0.1, 0.15) is 17.7 Å². The van der Waals surface area contributed by atoms with Gasteiger partial charge in [0.25, 0.3) is 0 Å². The first kappa shape index (κ1) is 11.1. The van der Waals surface area contributed by atoms with Gasteiger partial charge in [-0.05, 0) is 12.2 Å². The van der Waals surface area contributed by atoms with Gasteiger partial charge in [-0.25, -0.2) is 0 Å². The van der Waals surface area contributed by atoms with Gasteiger partial charge in [0.15, 0.2) is 0 Å². The average Bonchev–Trinajstić information content (AvgIpc) is 2.52. The Kier molecular flexibility index (Phi) is 2.78. The first-order valence-electron chi connectivity index (χ1n) is 4.78. The summed E-state index contributed by atoms with van der Waals surface area (Å²) in [4.78, 5) is 12.2. The lowest BCUT2D eigenvalue weighted by molar-refractivity contribution is 0.883. The summed E-state index contributed by atoms with van der Waals surface area (Å²) in [6.45, 7) is 0. The maximum absolute atomic E-state index is 11.4. The van der Waals surface area contributed by atoms with Crippen molar-refractivity contribution in [1.82, 2.24) is 4.57 Å². The van der Waals surface area contributed by atoms with Crippen molar-refractivity contribution in [2.45, 2.75) is 0 Å². The molecule has 0 saturated heterocycles. The number of aromatic nitrogens is 1. The second-order valence-corrected chi connectivity index (χ2v) is 4.39. The zero-order valence-electron chi connectivity index (χ0n) is 8.97. The molecule has 0 atom stereocenters. The van der Waals surface area contributed by atoms with Gasteiger partial charge in [0.2, 0.25) is 0 Å². The summed E-state index contributed by atoms with van der Waals surface area (Å²) in [5.74, 6) is 0. The molecule has 0 spiro atoms. The molecule has 5 heteroatoms. The molecule has 82 valence electrons. The van der Waals surface area contributed by atoms with Crippen molar-refractivity contribution in [2.24, 2.45) is 7.05 Å². The summed E-state index contributed by atoms with van der Waals surface area (Å²) in [6.07, 6.45) is 6.86. The quantitative estimate of drug-likeness (QED) is 0.650. The van der Waals surface area contributed by atoms with Crippen molar-refractivity contribution < 1.29 is 0 Å². The van der Waals surface area contributed by atoms with Crippen LogP contribution in [0, 0.1) is 22.7 Å². The molecule has 4 nitrogen and oxygen atoms in total. The Morgan fingerprint density at radius 3 is 2.53 bits per heavy atom. The van der Waals surface area contributed by atoms with Gasteiger partial charge in [-0.3, -0.25) is 4.79 Å². The lowest BCUT2D eigenvalue weighted by Gasteiger charge is -1.94. The largest absolute Gasteiger partial charge is 0.307 e. The fourth-order valence-electron chi connectivity index (χ4n) is 1.50. The van der Waals surface area contributed by atoms with E-state index < -0.39 is 0 Å². The van der Waals surface area contributed by atoms with Gasteiger partial charge >= 0.3 is 4.87 Å². The second-order valence-electron chi connectivity index (χ2n) is 3.40. The van der Waals surface area contributed by atoms with E-state index in [1.54, 1.807) is 35.9 Å². The SMILES string of the molecule is Cn1c2c(sc1=O)C=CC(=C(C#N)C#N)C=C2. The molecule has 2 rings (SSSR count). The van der Waals surface area contributed by atoms with Crippen LogP contribution in [0.4, 0.5) is 0 Å². The fourth-order valence-corrected chi connectivity index (χ4v) is 2.37. The minimum absolute atomic E-state index is 0.0301. The van der Waals surface area contributed by atoms with E-state index in [-0.39, 0.29) is 10.4 Å². The van der Waals surface area contributed by atoms with E-state index in [0.717, 1.165) is 21.9 Å². The molecule has 1 heterocycles. The van der Waals surface area contributed by atoms with Crippen LogP contribution in [0.2, 0.25) is 0 Å². The highest BCUT2D eigenvalue weighted by Crippen LogP contribution is 2.22. The minimum Gasteiger partial charge on any atom is -0.302 e. The number of thiazole rings is 1. The summed E-state index contributed by atoms with van der Waals surface area (Å²) in [5, 5.41) is 17.6. The molecule has 0 aliphatic heterocycles. The number of rotatable bonds is 0. The summed E-state index contributed by atoms with van der Waals surface area (Å²) in [5.41, 5.74) is 1.42. The molecular weight excluding hydrogens is 234 g/mol. The molecule has 0 radical (unpaired) electrons. The van der Waals surface area contributed by atoms with Crippen molar-refractivity contribution in [2.75, 3.05) is 0 Å². The molecule has 1 aliphatic carbocycles. The van der Waals surface area contributed by atoms with Crippen LogP contribution in [0.5, 0.6) is 0 Å². The predicted molar refractivity (Wildman–Crippen MR) is 65.9 cm³/mol. The third-order valence-corrected chi connectivity index (χ3v) is 3.45. The van der Waals surface area contributed by atoms with Crippen molar-refractivity contribution >= 4 is 23.5 Å². The van der Waals surface area contributed by atoms with E-state index in [1.165, 1.54) is 0 Å². The maximum atomic E-state index is 11.4. The van der Waals surface area contributed by atoms with Crippen molar-refractivity contribution in [3.8, 4) is 12.1 Å². The Balaban J connectivity index is 2.62. The van der Waals surface area contributed by atoms with E-state index >= 15 is 0 Å². The molecule has 0 saturated carbocycles. The molecule has 0 aromatic carbocycles. The maximum Gasteiger partial charge on any atom is 0.307 e. The third kappa shape index (κ3) is 1.84. The predicted octanol–water partition coefficient (Wildman–Crippen LogP) is 1.83. The first-order chi connectivity index (χ1) is 8.17. The summed E-state index contributed by atoms with van der Waals surface area (Å²) in [7, 11) is 1.69. The van der Waals surface area contributed by atoms with Crippen molar-refractivity contribution in [1.29, 1.82) is 10.5 Å². The highest BCUT2D eigenvalue weighted by molar-refractivity contribution is 7.10. The number of fused-ring (bicyclic) bond motifs is 1. The third-order valence-electron chi connectivity index (χ3n) is 2.43. The molecule has 0 fully saturated rings. The van der Waals surface area contributed by atoms with Gasteiger partial charge < -0.3 is 4.57 Å². The van der Waals surface area contributed by atoms with Crippen LogP contribution in [0.3, 0.4) is 0 Å². The molecule has 0 unspecified atom stereocenters. The molecule has 0 bridgehead atoms. The lowest BCUT2D eigenvalue weighted by atomic mass is 10.1. The van der Waals surface area contributed by atoms with Crippen LogP contribution in [-0.2, 0) is 7.05 Å². The van der Waals surface area contributed by atoms with E-state index in [2.05, 4.69) is 0 Å². The topological polar surface area (TPSA) is 69.6 Å². The standard InChI is InChI=1S/C12H7N3OS/c1-15-10-4-2-8(9(6-13)7-14)3-5-11(10)17-12(15)16/h2-5H,1H3. The van der Waals surface area contributed by atoms with Crippen LogP contribution in [-0.4, -0.2) is 4.57 Å². The van der Waals surface area contributed by atoms with Crippen LogP contribution >= 0.6 is 11.3 Å². The lowest BCUT2D eigenvalue weighted by Crippen LogP contribution is -2.08. The Morgan fingerprint density at radius 2 is 1.88 bits per heavy atom. The van der Waals surface area contributed by atoms with E-state index in [4.69, 9.17) is 10.5 Å². The van der Waals surface area contributed by atoms with Gasteiger partial charge in [0.05, 0.1) is 10.6 Å². The van der Waals surface area contributed by atoms with E-state index in [1.807, 2.05) is 12.1 Å². The zero-order chi connectivity index (χ0) is 12.4. The van der Waals surface area contributed by atoms with Crippen molar-refractivity contribution in [3.63, 3.8) is 0 Å². The van der Waals surface area contributed by atoms with Crippen LogP contribution in [0.25, 0.3) is 12.2 Å². The highest BCUT2D eigenvalue weighted by atomic mass is 32.1. The van der Waals surface area contributed by atoms with Gasteiger partial charge in [-0.1, -0.05) is 23.5 Å². The Labute approximate surface area is 102 Å². The van der Waals surface area contributed by atoms with Crippen LogP contribution in [0.1, 0.15) is 10.6 Å². The molecule has 17 heavy (non-hydrogen) atoms. The highest BCUT2D eigenvalue weighted by Gasteiger charge is 2.10. The summed E-state index contributed by atoms with van der Waals surface area (Å²) in [6, 6.07) is 3.69. The normalized spacial score (nSPS) is 12.5. The Hall–Kier alpha value is -2.37. The number of nitrogens with zero attached hydrogens (tertiary/aromatic N) is 3. The molecular formula is C12H7N3OS. The fraction of sp³-hybridized carbons (Fsp3) is 0.0833. The van der Waals surface area contributed by atoms with Gasteiger partial charge in [0, 0.05) is 12.6 Å². The number of allylic oxidation sites excluding steroid dienone is 4. The van der Waals surface area contributed by atoms with Crippen LogP contribution in [0.15, 0.2) is 28.1 Å². The summed E-state index contributed by atoms with van der Waals surface area (Å²) < 4.78 is 1.54. The number of nitriles is 2. The van der Waals surface area contributed by atoms with Gasteiger partial charge in [-0.2, -0.15) is 10.5 Å². The Morgan fingerprint density at radius 1 is 1.24 bits per heavy atom. The smallest absolute Gasteiger partial charge is 0.302 e.